The summed E-state index contributed by atoms with van der Waals surface area (Å²) < 4.78 is 5.38. The lowest BCUT2D eigenvalue weighted by atomic mass is 9.92. The lowest BCUT2D eigenvalue weighted by Crippen LogP contribution is -2.13. The van der Waals surface area contributed by atoms with Crippen molar-refractivity contribution in [3.8, 4) is 0 Å². The van der Waals surface area contributed by atoms with Gasteiger partial charge in [-0.3, -0.25) is 0 Å². The molecule has 1 nitrogen and oxygen atoms in total. The van der Waals surface area contributed by atoms with E-state index in [0.29, 0.717) is 6.10 Å². The molecule has 2 heteroatoms. The standard InChI is InChI=1S/C15H20OS/c1-16-15-9-7-14(8-10-15)13-5-3-12(4-6-13)11-17-2/h3-7,15H,8-11H2,1-2H3. The third-order valence-corrected chi connectivity index (χ3v) is 3.95. The number of allylic oxidation sites excluding steroid dienone is 1. The van der Waals surface area contributed by atoms with Crippen LogP contribution in [-0.2, 0) is 10.5 Å². The van der Waals surface area contributed by atoms with Gasteiger partial charge in [-0.1, -0.05) is 30.3 Å². The number of thioether (sulfide) groups is 1. The highest BCUT2D eigenvalue weighted by molar-refractivity contribution is 7.97. The zero-order valence-electron chi connectivity index (χ0n) is 10.6. The molecule has 0 heterocycles. The minimum absolute atomic E-state index is 0.425. The summed E-state index contributed by atoms with van der Waals surface area (Å²) in [5.74, 6) is 1.10. The Balaban J connectivity index is 2.05. The van der Waals surface area contributed by atoms with Gasteiger partial charge in [-0.15, -0.1) is 0 Å². The number of rotatable bonds is 4. The van der Waals surface area contributed by atoms with E-state index in [4.69, 9.17) is 4.74 Å². The van der Waals surface area contributed by atoms with E-state index in [0.717, 1.165) is 25.0 Å². The van der Waals surface area contributed by atoms with Crippen molar-refractivity contribution in [3.05, 3.63) is 41.5 Å². The first-order valence-electron chi connectivity index (χ1n) is 6.13. The molecule has 0 bridgehead atoms. The fourth-order valence-corrected chi connectivity index (χ4v) is 2.79. The third-order valence-electron chi connectivity index (χ3n) is 3.33. The van der Waals surface area contributed by atoms with Gasteiger partial charge in [0.2, 0.25) is 0 Å². The molecule has 0 saturated heterocycles. The highest BCUT2D eigenvalue weighted by Crippen LogP contribution is 2.28. The molecule has 1 aliphatic rings. The molecule has 1 unspecified atom stereocenters. The molecule has 0 N–H and O–H groups in total. The molecule has 0 fully saturated rings. The Kier molecular flexibility index (Phi) is 4.69. The van der Waals surface area contributed by atoms with Crippen LogP contribution in [0.4, 0.5) is 0 Å². The topological polar surface area (TPSA) is 9.23 Å². The predicted molar refractivity (Wildman–Crippen MR) is 76.3 cm³/mol. The van der Waals surface area contributed by atoms with Crippen molar-refractivity contribution in [2.24, 2.45) is 0 Å². The Morgan fingerprint density at radius 2 is 2.06 bits per heavy atom. The summed E-state index contributed by atoms with van der Waals surface area (Å²) in [7, 11) is 1.81. The van der Waals surface area contributed by atoms with Crippen molar-refractivity contribution >= 4 is 17.3 Å². The molecule has 17 heavy (non-hydrogen) atoms. The fraction of sp³-hybridized carbons (Fsp3) is 0.467. The van der Waals surface area contributed by atoms with Crippen molar-refractivity contribution in [2.45, 2.75) is 31.1 Å². The van der Waals surface area contributed by atoms with Crippen molar-refractivity contribution in [2.75, 3.05) is 13.4 Å². The average molecular weight is 248 g/mol. The smallest absolute Gasteiger partial charge is 0.0609 e. The maximum Gasteiger partial charge on any atom is 0.0609 e. The summed E-state index contributed by atoms with van der Waals surface area (Å²) in [6.45, 7) is 0. The normalized spacial score (nSPS) is 20.1. The molecule has 1 aliphatic carbocycles. The quantitative estimate of drug-likeness (QED) is 0.792. The number of hydrogen-bond acceptors (Lipinski definition) is 2. The van der Waals surface area contributed by atoms with Crippen LogP contribution >= 0.6 is 11.8 Å². The minimum atomic E-state index is 0.425. The molecule has 2 rings (SSSR count). The van der Waals surface area contributed by atoms with E-state index in [-0.39, 0.29) is 0 Å². The van der Waals surface area contributed by atoms with Crippen molar-refractivity contribution in [1.29, 1.82) is 0 Å². The SMILES string of the molecule is COC1CC=C(c2ccc(CSC)cc2)CC1. The zero-order chi connectivity index (χ0) is 12.1. The van der Waals surface area contributed by atoms with Crippen molar-refractivity contribution in [1.82, 2.24) is 0 Å². The molecule has 1 aromatic carbocycles. The van der Waals surface area contributed by atoms with Crippen LogP contribution < -0.4 is 0 Å². The van der Waals surface area contributed by atoms with E-state index < -0.39 is 0 Å². The Bertz CT molecular complexity index is 380. The number of hydrogen-bond donors (Lipinski definition) is 0. The zero-order valence-corrected chi connectivity index (χ0v) is 11.4. The van der Waals surface area contributed by atoms with Gasteiger partial charge in [0, 0.05) is 12.9 Å². The molecule has 0 aliphatic heterocycles. The molecule has 1 aromatic rings. The number of benzene rings is 1. The van der Waals surface area contributed by atoms with Crippen molar-refractivity contribution < 1.29 is 4.74 Å². The second-order valence-electron chi connectivity index (χ2n) is 4.49. The largest absolute Gasteiger partial charge is 0.381 e. The lowest BCUT2D eigenvalue weighted by molar-refractivity contribution is 0.0964. The fourth-order valence-electron chi connectivity index (χ4n) is 2.27. The van der Waals surface area contributed by atoms with Crippen LogP contribution in [0.15, 0.2) is 30.3 Å². The summed E-state index contributed by atoms with van der Waals surface area (Å²) in [5, 5.41) is 0. The summed E-state index contributed by atoms with van der Waals surface area (Å²) in [5.41, 5.74) is 4.27. The molecule has 92 valence electrons. The van der Waals surface area contributed by atoms with Crippen LogP contribution in [0.25, 0.3) is 5.57 Å². The van der Waals surface area contributed by atoms with Gasteiger partial charge in [0.15, 0.2) is 0 Å². The van der Waals surface area contributed by atoms with Gasteiger partial charge >= 0.3 is 0 Å². The maximum atomic E-state index is 5.38. The summed E-state index contributed by atoms with van der Waals surface area (Å²) in [4.78, 5) is 0. The van der Waals surface area contributed by atoms with E-state index in [9.17, 15) is 0 Å². The van der Waals surface area contributed by atoms with Gasteiger partial charge in [0.1, 0.15) is 0 Å². The number of ether oxygens (including phenoxy) is 1. The second-order valence-corrected chi connectivity index (χ2v) is 5.36. The van der Waals surface area contributed by atoms with Gasteiger partial charge in [0.05, 0.1) is 6.10 Å². The highest BCUT2D eigenvalue weighted by Gasteiger charge is 2.14. The van der Waals surface area contributed by atoms with Crippen molar-refractivity contribution in [3.63, 3.8) is 0 Å². The summed E-state index contributed by atoms with van der Waals surface area (Å²) in [6.07, 6.45) is 8.24. The van der Waals surface area contributed by atoms with Crippen LogP contribution in [0.2, 0.25) is 0 Å². The Hall–Kier alpha value is -0.730. The monoisotopic (exact) mass is 248 g/mol. The van der Waals surface area contributed by atoms with Crippen LogP contribution in [0, 0.1) is 0 Å². The minimum Gasteiger partial charge on any atom is -0.381 e. The number of methoxy groups -OCH3 is 1. The third kappa shape index (κ3) is 3.36. The highest BCUT2D eigenvalue weighted by atomic mass is 32.2. The Morgan fingerprint density at radius 1 is 1.29 bits per heavy atom. The Morgan fingerprint density at radius 3 is 2.59 bits per heavy atom. The van der Waals surface area contributed by atoms with E-state index in [2.05, 4.69) is 36.6 Å². The van der Waals surface area contributed by atoms with E-state index in [1.54, 1.807) is 7.11 Å². The first kappa shape index (κ1) is 12.7. The molecular formula is C15H20OS. The molecule has 0 radical (unpaired) electrons. The lowest BCUT2D eigenvalue weighted by Gasteiger charge is -2.20. The van der Waals surface area contributed by atoms with Crippen LogP contribution in [0.3, 0.4) is 0 Å². The van der Waals surface area contributed by atoms with Crippen LogP contribution in [0.1, 0.15) is 30.4 Å². The summed E-state index contributed by atoms with van der Waals surface area (Å²) in [6, 6.07) is 9.00. The Labute approximate surface area is 108 Å². The van der Waals surface area contributed by atoms with E-state index >= 15 is 0 Å². The molecule has 0 saturated carbocycles. The molecule has 0 aromatic heterocycles. The molecular weight excluding hydrogens is 228 g/mol. The van der Waals surface area contributed by atoms with Gasteiger partial charge in [-0.2, -0.15) is 11.8 Å². The van der Waals surface area contributed by atoms with E-state index in [1.807, 2.05) is 11.8 Å². The van der Waals surface area contributed by atoms with Gasteiger partial charge in [0.25, 0.3) is 0 Å². The first-order valence-corrected chi connectivity index (χ1v) is 7.53. The first-order chi connectivity index (χ1) is 8.33. The second kappa shape index (κ2) is 6.27. The maximum absolute atomic E-state index is 5.38. The van der Waals surface area contributed by atoms with E-state index in [1.165, 1.54) is 16.7 Å². The summed E-state index contributed by atoms with van der Waals surface area (Å²) >= 11 is 1.87. The molecule has 1 atom stereocenters. The van der Waals surface area contributed by atoms with Gasteiger partial charge < -0.3 is 4.74 Å². The van der Waals surface area contributed by atoms with Gasteiger partial charge in [-0.05, 0) is 42.2 Å². The van der Waals surface area contributed by atoms with Crippen LogP contribution in [0.5, 0.6) is 0 Å². The predicted octanol–water partition coefficient (Wildman–Crippen LogP) is 4.13. The van der Waals surface area contributed by atoms with Crippen LogP contribution in [-0.4, -0.2) is 19.5 Å². The molecule has 0 amide bonds. The average Bonchev–Trinajstić information content (AvgIpc) is 2.40. The van der Waals surface area contributed by atoms with Gasteiger partial charge in [-0.25, -0.2) is 0 Å². The molecule has 0 spiro atoms.